The van der Waals surface area contributed by atoms with Crippen molar-refractivity contribution in [2.45, 2.75) is 13.5 Å². The average Bonchev–Trinajstić information content (AvgIpc) is 3.01. The maximum Gasteiger partial charge on any atom is 0.194 e. The van der Waals surface area contributed by atoms with Gasteiger partial charge >= 0.3 is 0 Å². The van der Waals surface area contributed by atoms with Crippen LogP contribution in [0.15, 0.2) is 35.6 Å². The van der Waals surface area contributed by atoms with Gasteiger partial charge in [0.05, 0.1) is 6.54 Å². The third-order valence-electron chi connectivity index (χ3n) is 4.37. The molecule has 136 valence electrons. The van der Waals surface area contributed by atoms with E-state index in [0.29, 0.717) is 6.54 Å². The zero-order valence-electron chi connectivity index (χ0n) is 15.0. The van der Waals surface area contributed by atoms with Crippen LogP contribution in [0.4, 0.5) is 5.69 Å². The van der Waals surface area contributed by atoms with Gasteiger partial charge in [-0.2, -0.15) is 5.10 Å². The van der Waals surface area contributed by atoms with E-state index in [9.17, 15) is 0 Å². The largest absolute Gasteiger partial charge is 0.368 e. The Bertz CT molecular complexity index is 705. The van der Waals surface area contributed by atoms with Gasteiger partial charge in [0.1, 0.15) is 12.2 Å². The van der Waals surface area contributed by atoms with Crippen LogP contribution in [0, 0.1) is 6.92 Å². The van der Waals surface area contributed by atoms with Crippen molar-refractivity contribution in [3.8, 4) is 0 Å². The van der Waals surface area contributed by atoms with E-state index in [4.69, 9.17) is 0 Å². The van der Waals surface area contributed by atoms with Crippen LogP contribution in [-0.4, -0.2) is 58.9 Å². The zero-order chi connectivity index (χ0) is 16.9. The normalized spacial score (nSPS) is 15.1. The molecule has 3 rings (SSSR count). The lowest BCUT2D eigenvalue weighted by atomic mass is 10.2. The minimum atomic E-state index is 0. The lowest BCUT2D eigenvalue weighted by Crippen LogP contribution is -2.52. The SMILES string of the molecule is CN=C(NCc1ncnn1C)N1CCN(c2cccc(C)c2)CC1.I. The van der Waals surface area contributed by atoms with E-state index in [0.717, 1.165) is 38.0 Å². The predicted molar refractivity (Wildman–Crippen MR) is 112 cm³/mol. The van der Waals surface area contributed by atoms with Gasteiger partial charge in [0, 0.05) is 46.0 Å². The second-order valence-corrected chi connectivity index (χ2v) is 6.01. The lowest BCUT2D eigenvalue weighted by molar-refractivity contribution is 0.371. The van der Waals surface area contributed by atoms with Crippen molar-refractivity contribution in [2.24, 2.45) is 12.0 Å². The molecular formula is C17H26IN7. The molecule has 7 nitrogen and oxygen atoms in total. The third kappa shape index (κ3) is 4.83. The fraction of sp³-hybridized carbons (Fsp3) is 0.471. The second kappa shape index (κ2) is 9.02. The highest BCUT2D eigenvalue weighted by Gasteiger charge is 2.20. The number of nitrogens with zero attached hydrogens (tertiary/aromatic N) is 6. The molecule has 2 heterocycles. The Morgan fingerprint density at radius 2 is 2.00 bits per heavy atom. The molecule has 1 aliphatic heterocycles. The molecule has 1 saturated heterocycles. The number of piperazine rings is 1. The Balaban J connectivity index is 0.00000225. The maximum absolute atomic E-state index is 4.41. The Morgan fingerprint density at radius 1 is 1.24 bits per heavy atom. The number of rotatable bonds is 3. The summed E-state index contributed by atoms with van der Waals surface area (Å²) < 4.78 is 1.77. The van der Waals surface area contributed by atoms with E-state index in [2.05, 4.69) is 61.4 Å². The van der Waals surface area contributed by atoms with Gasteiger partial charge in [0.2, 0.25) is 0 Å². The Morgan fingerprint density at radius 3 is 2.60 bits per heavy atom. The molecule has 0 spiro atoms. The molecule has 1 aliphatic rings. The number of halogens is 1. The highest BCUT2D eigenvalue weighted by Crippen LogP contribution is 2.17. The Kier molecular flexibility index (Phi) is 7.03. The molecule has 0 unspecified atom stereocenters. The fourth-order valence-corrected chi connectivity index (χ4v) is 2.97. The summed E-state index contributed by atoms with van der Waals surface area (Å²) in [6, 6.07) is 8.69. The molecule has 0 atom stereocenters. The molecule has 0 saturated carbocycles. The molecule has 0 aliphatic carbocycles. The number of hydrogen-bond acceptors (Lipinski definition) is 4. The molecule has 1 fully saturated rings. The summed E-state index contributed by atoms with van der Waals surface area (Å²) in [4.78, 5) is 13.4. The van der Waals surface area contributed by atoms with Gasteiger partial charge in [-0.1, -0.05) is 12.1 Å². The minimum Gasteiger partial charge on any atom is -0.368 e. The van der Waals surface area contributed by atoms with Crippen LogP contribution in [0.3, 0.4) is 0 Å². The number of guanidine groups is 1. The van der Waals surface area contributed by atoms with Crippen LogP contribution in [0.1, 0.15) is 11.4 Å². The van der Waals surface area contributed by atoms with Gasteiger partial charge in [0.25, 0.3) is 0 Å². The van der Waals surface area contributed by atoms with Crippen molar-refractivity contribution in [2.75, 3.05) is 38.1 Å². The highest BCUT2D eigenvalue weighted by atomic mass is 127. The van der Waals surface area contributed by atoms with E-state index < -0.39 is 0 Å². The number of aliphatic imine (C=N–C) groups is 1. The molecule has 2 aromatic rings. The summed E-state index contributed by atoms with van der Waals surface area (Å²) in [5.41, 5.74) is 2.60. The molecular weight excluding hydrogens is 429 g/mol. The number of anilines is 1. The van der Waals surface area contributed by atoms with Gasteiger partial charge < -0.3 is 15.1 Å². The van der Waals surface area contributed by atoms with Crippen molar-refractivity contribution in [3.63, 3.8) is 0 Å². The number of aryl methyl sites for hydroxylation is 2. The third-order valence-corrected chi connectivity index (χ3v) is 4.37. The number of aromatic nitrogens is 3. The van der Waals surface area contributed by atoms with Crippen LogP contribution in [0.5, 0.6) is 0 Å². The van der Waals surface area contributed by atoms with Gasteiger partial charge in [-0.05, 0) is 24.6 Å². The van der Waals surface area contributed by atoms with Gasteiger partial charge in [-0.25, -0.2) is 4.98 Å². The van der Waals surface area contributed by atoms with Gasteiger partial charge in [-0.15, -0.1) is 24.0 Å². The van der Waals surface area contributed by atoms with Crippen molar-refractivity contribution in [1.29, 1.82) is 0 Å². The first kappa shape index (κ1) is 19.5. The Labute approximate surface area is 166 Å². The standard InChI is InChI=1S/C17H25N7.HI/c1-14-5-4-6-15(11-14)23-7-9-24(10-8-23)17(18-2)19-12-16-20-13-21-22(16)3;/h4-6,11,13H,7-10,12H2,1-3H3,(H,18,19);1H. The van der Waals surface area contributed by atoms with Crippen molar-refractivity contribution in [3.05, 3.63) is 42.0 Å². The molecule has 0 amide bonds. The quantitative estimate of drug-likeness (QED) is 0.433. The van der Waals surface area contributed by atoms with Gasteiger partial charge in [-0.3, -0.25) is 9.67 Å². The average molecular weight is 455 g/mol. The van der Waals surface area contributed by atoms with Crippen molar-refractivity contribution >= 4 is 35.6 Å². The van der Waals surface area contributed by atoms with E-state index in [1.165, 1.54) is 11.3 Å². The first-order chi connectivity index (χ1) is 11.7. The molecule has 0 bridgehead atoms. The maximum atomic E-state index is 4.41. The summed E-state index contributed by atoms with van der Waals surface area (Å²) in [5, 5.41) is 7.47. The van der Waals surface area contributed by atoms with Gasteiger partial charge in [0.15, 0.2) is 5.96 Å². The molecule has 1 N–H and O–H groups in total. The fourth-order valence-electron chi connectivity index (χ4n) is 2.97. The summed E-state index contributed by atoms with van der Waals surface area (Å²) in [6.07, 6.45) is 1.57. The van der Waals surface area contributed by atoms with Crippen LogP contribution >= 0.6 is 24.0 Å². The molecule has 0 radical (unpaired) electrons. The monoisotopic (exact) mass is 455 g/mol. The zero-order valence-corrected chi connectivity index (χ0v) is 17.3. The summed E-state index contributed by atoms with van der Waals surface area (Å²) in [5.74, 6) is 1.82. The summed E-state index contributed by atoms with van der Waals surface area (Å²) in [7, 11) is 3.72. The van der Waals surface area contributed by atoms with E-state index in [-0.39, 0.29) is 24.0 Å². The second-order valence-electron chi connectivity index (χ2n) is 6.01. The van der Waals surface area contributed by atoms with Crippen LogP contribution < -0.4 is 10.2 Å². The Hall–Kier alpha value is -1.84. The molecule has 25 heavy (non-hydrogen) atoms. The van der Waals surface area contributed by atoms with Crippen LogP contribution in [0.2, 0.25) is 0 Å². The van der Waals surface area contributed by atoms with Crippen molar-refractivity contribution < 1.29 is 0 Å². The first-order valence-electron chi connectivity index (χ1n) is 8.27. The summed E-state index contributed by atoms with van der Waals surface area (Å²) in [6.45, 7) is 6.65. The number of benzene rings is 1. The first-order valence-corrected chi connectivity index (χ1v) is 8.27. The molecule has 8 heteroatoms. The summed E-state index contributed by atoms with van der Waals surface area (Å²) >= 11 is 0. The van der Waals surface area contributed by atoms with E-state index in [1.54, 1.807) is 11.0 Å². The van der Waals surface area contributed by atoms with Crippen LogP contribution in [0.25, 0.3) is 0 Å². The molecule has 1 aromatic heterocycles. The van der Waals surface area contributed by atoms with Crippen LogP contribution in [-0.2, 0) is 13.6 Å². The van der Waals surface area contributed by atoms with E-state index in [1.807, 2.05) is 14.1 Å². The number of nitrogens with one attached hydrogen (secondary N) is 1. The van der Waals surface area contributed by atoms with E-state index >= 15 is 0 Å². The topological polar surface area (TPSA) is 61.6 Å². The molecule has 1 aromatic carbocycles. The highest BCUT2D eigenvalue weighted by molar-refractivity contribution is 14.0. The predicted octanol–water partition coefficient (Wildman–Crippen LogP) is 1.64. The lowest BCUT2D eigenvalue weighted by Gasteiger charge is -2.37. The smallest absolute Gasteiger partial charge is 0.194 e. The van der Waals surface area contributed by atoms with Crippen molar-refractivity contribution in [1.82, 2.24) is 25.0 Å². The number of hydrogen-bond donors (Lipinski definition) is 1. The minimum absolute atomic E-state index is 0.